The van der Waals surface area contributed by atoms with Crippen LogP contribution in [0.4, 0.5) is 0 Å². The van der Waals surface area contributed by atoms with Crippen molar-refractivity contribution in [3.8, 4) is 0 Å². The van der Waals surface area contributed by atoms with Crippen molar-refractivity contribution in [3.05, 3.63) is 0 Å². The van der Waals surface area contributed by atoms with Gasteiger partial charge in [-0.25, -0.2) is 0 Å². The predicted octanol–water partition coefficient (Wildman–Crippen LogP) is 2.98. The van der Waals surface area contributed by atoms with E-state index in [1.54, 1.807) is 0 Å². The van der Waals surface area contributed by atoms with Gasteiger partial charge in [-0.3, -0.25) is 0 Å². The number of likely N-dealkylation sites (tertiary alicyclic amines) is 1. The van der Waals surface area contributed by atoms with Gasteiger partial charge in [0.1, 0.15) is 0 Å². The van der Waals surface area contributed by atoms with Crippen LogP contribution in [-0.4, -0.2) is 47.6 Å². The summed E-state index contributed by atoms with van der Waals surface area (Å²) in [6, 6.07) is 1.54. The average Bonchev–Trinajstić information content (AvgIpc) is 2.94. The first-order valence-electron chi connectivity index (χ1n) is 7.78. The van der Waals surface area contributed by atoms with Gasteiger partial charge in [0.2, 0.25) is 0 Å². The zero-order valence-corrected chi connectivity index (χ0v) is 13.1. The van der Waals surface area contributed by atoms with E-state index in [1.165, 1.54) is 51.1 Å². The van der Waals surface area contributed by atoms with Crippen LogP contribution in [0.5, 0.6) is 0 Å². The lowest BCUT2D eigenvalue weighted by Gasteiger charge is -2.24. The second kappa shape index (κ2) is 7.16. The van der Waals surface area contributed by atoms with Crippen molar-refractivity contribution in [2.75, 3.05) is 25.4 Å². The van der Waals surface area contributed by atoms with E-state index >= 15 is 0 Å². The van der Waals surface area contributed by atoms with Gasteiger partial charge in [-0.2, -0.15) is 11.8 Å². The summed E-state index contributed by atoms with van der Waals surface area (Å²) in [5.74, 6) is 2.18. The summed E-state index contributed by atoms with van der Waals surface area (Å²) in [4.78, 5) is 2.78. The molecular weight excluding hydrogens is 240 g/mol. The monoisotopic (exact) mass is 270 g/mol. The number of nitrogens with zero attached hydrogens (tertiary/aromatic N) is 1. The molecule has 18 heavy (non-hydrogen) atoms. The molecule has 0 radical (unpaired) electrons. The van der Waals surface area contributed by atoms with Crippen LogP contribution in [0.2, 0.25) is 0 Å². The largest absolute Gasteiger partial charge is 0.314 e. The molecule has 106 valence electrons. The van der Waals surface area contributed by atoms with E-state index in [0.29, 0.717) is 6.04 Å². The molecule has 2 rings (SSSR count). The standard InChI is InChI=1S/C15H30N2S/c1-4-18-15-6-5-14(9-15)17-8-7-13(11-17)10-16-12(2)3/h12-16H,4-11H2,1-3H3. The molecule has 3 heteroatoms. The van der Waals surface area contributed by atoms with Crippen LogP contribution in [0, 0.1) is 5.92 Å². The molecule has 1 aliphatic carbocycles. The lowest BCUT2D eigenvalue weighted by Crippen LogP contribution is -2.34. The highest BCUT2D eigenvalue weighted by Crippen LogP contribution is 2.34. The maximum Gasteiger partial charge on any atom is 0.0106 e. The highest BCUT2D eigenvalue weighted by molar-refractivity contribution is 7.99. The third-order valence-electron chi connectivity index (χ3n) is 4.41. The van der Waals surface area contributed by atoms with Crippen molar-refractivity contribution in [3.63, 3.8) is 0 Å². The summed E-state index contributed by atoms with van der Waals surface area (Å²) in [6.45, 7) is 10.7. The van der Waals surface area contributed by atoms with Crippen molar-refractivity contribution in [1.29, 1.82) is 0 Å². The highest BCUT2D eigenvalue weighted by Gasteiger charge is 2.33. The van der Waals surface area contributed by atoms with Crippen LogP contribution >= 0.6 is 11.8 Å². The van der Waals surface area contributed by atoms with Crippen molar-refractivity contribution in [2.24, 2.45) is 5.92 Å². The Morgan fingerprint density at radius 1 is 1.28 bits per heavy atom. The van der Waals surface area contributed by atoms with E-state index < -0.39 is 0 Å². The Morgan fingerprint density at radius 3 is 2.83 bits per heavy atom. The van der Waals surface area contributed by atoms with E-state index in [4.69, 9.17) is 0 Å². The first-order chi connectivity index (χ1) is 8.69. The molecule has 0 aromatic carbocycles. The second-order valence-electron chi connectivity index (χ2n) is 6.26. The molecule has 3 unspecified atom stereocenters. The molecule has 1 heterocycles. The normalized spacial score (nSPS) is 33.7. The number of hydrogen-bond donors (Lipinski definition) is 1. The molecule has 0 bridgehead atoms. The summed E-state index contributed by atoms with van der Waals surface area (Å²) < 4.78 is 0. The van der Waals surface area contributed by atoms with Gasteiger partial charge in [0.05, 0.1) is 0 Å². The van der Waals surface area contributed by atoms with E-state index in [9.17, 15) is 0 Å². The van der Waals surface area contributed by atoms with Gasteiger partial charge < -0.3 is 10.2 Å². The predicted molar refractivity (Wildman–Crippen MR) is 82.4 cm³/mol. The van der Waals surface area contributed by atoms with Crippen molar-refractivity contribution >= 4 is 11.8 Å². The van der Waals surface area contributed by atoms with E-state index in [2.05, 4.69) is 42.7 Å². The number of hydrogen-bond acceptors (Lipinski definition) is 3. The van der Waals surface area contributed by atoms with Crippen molar-refractivity contribution in [2.45, 2.75) is 63.8 Å². The summed E-state index contributed by atoms with van der Waals surface area (Å²) in [7, 11) is 0. The van der Waals surface area contributed by atoms with Crippen LogP contribution < -0.4 is 5.32 Å². The minimum atomic E-state index is 0.635. The summed E-state index contributed by atoms with van der Waals surface area (Å²) in [5, 5.41) is 4.55. The van der Waals surface area contributed by atoms with Crippen LogP contribution in [0.25, 0.3) is 0 Å². The Morgan fingerprint density at radius 2 is 2.11 bits per heavy atom. The lowest BCUT2D eigenvalue weighted by atomic mass is 10.1. The lowest BCUT2D eigenvalue weighted by molar-refractivity contribution is 0.236. The molecular formula is C15H30N2S. The topological polar surface area (TPSA) is 15.3 Å². The zero-order valence-electron chi connectivity index (χ0n) is 12.3. The Bertz CT molecular complexity index is 245. The van der Waals surface area contributed by atoms with Crippen LogP contribution in [0.1, 0.15) is 46.5 Å². The van der Waals surface area contributed by atoms with Gasteiger partial charge in [0.25, 0.3) is 0 Å². The van der Waals surface area contributed by atoms with Crippen molar-refractivity contribution in [1.82, 2.24) is 10.2 Å². The van der Waals surface area contributed by atoms with Gasteiger partial charge in [0, 0.05) is 23.9 Å². The third-order valence-corrected chi connectivity index (χ3v) is 5.64. The fourth-order valence-electron chi connectivity index (χ4n) is 3.40. The Kier molecular flexibility index (Phi) is 5.84. The average molecular weight is 270 g/mol. The quantitative estimate of drug-likeness (QED) is 0.799. The highest BCUT2D eigenvalue weighted by atomic mass is 32.2. The molecule has 0 aromatic heterocycles. The first-order valence-corrected chi connectivity index (χ1v) is 8.83. The molecule has 1 N–H and O–H groups in total. The maximum atomic E-state index is 3.60. The minimum Gasteiger partial charge on any atom is -0.314 e. The molecule has 2 aliphatic rings. The molecule has 0 amide bonds. The molecule has 1 aliphatic heterocycles. The first kappa shape index (κ1) is 14.7. The molecule has 1 saturated heterocycles. The summed E-state index contributed by atoms with van der Waals surface area (Å²) in [6.07, 6.45) is 5.75. The van der Waals surface area contributed by atoms with Gasteiger partial charge in [-0.05, 0) is 50.4 Å². The Balaban J connectivity index is 1.69. The zero-order chi connectivity index (χ0) is 13.0. The number of thioether (sulfide) groups is 1. The van der Waals surface area contributed by atoms with Gasteiger partial charge in [0.15, 0.2) is 0 Å². The van der Waals surface area contributed by atoms with Crippen LogP contribution in [0.15, 0.2) is 0 Å². The molecule has 3 atom stereocenters. The summed E-state index contributed by atoms with van der Waals surface area (Å²) in [5.41, 5.74) is 0. The van der Waals surface area contributed by atoms with E-state index in [1.807, 2.05) is 0 Å². The maximum absolute atomic E-state index is 3.60. The molecule has 2 fully saturated rings. The molecule has 0 spiro atoms. The Labute approximate surface area is 117 Å². The van der Waals surface area contributed by atoms with E-state index in [0.717, 1.165) is 17.2 Å². The van der Waals surface area contributed by atoms with Crippen molar-refractivity contribution < 1.29 is 0 Å². The van der Waals surface area contributed by atoms with Crippen LogP contribution in [-0.2, 0) is 0 Å². The summed E-state index contributed by atoms with van der Waals surface area (Å²) >= 11 is 2.18. The van der Waals surface area contributed by atoms with Crippen LogP contribution in [0.3, 0.4) is 0 Å². The fourth-order valence-corrected chi connectivity index (χ4v) is 4.53. The fraction of sp³-hybridized carbons (Fsp3) is 1.00. The number of nitrogens with one attached hydrogen (secondary N) is 1. The smallest absolute Gasteiger partial charge is 0.0106 e. The Hall–Kier alpha value is 0.270. The SMILES string of the molecule is CCSC1CCC(N2CCC(CNC(C)C)C2)C1. The van der Waals surface area contributed by atoms with E-state index in [-0.39, 0.29) is 0 Å². The van der Waals surface area contributed by atoms with Gasteiger partial charge >= 0.3 is 0 Å². The minimum absolute atomic E-state index is 0.635. The van der Waals surface area contributed by atoms with Gasteiger partial charge in [-0.15, -0.1) is 0 Å². The third kappa shape index (κ3) is 4.14. The number of rotatable bonds is 6. The molecule has 2 nitrogen and oxygen atoms in total. The molecule has 0 aromatic rings. The second-order valence-corrected chi connectivity index (χ2v) is 7.83. The molecule has 1 saturated carbocycles. The van der Waals surface area contributed by atoms with Gasteiger partial charge in [-0.1, -0.05) is 20.8 Å².